The number of phenols is 1. The van der Waals surface area contributed by atoms with Gasteiger partial charge >= 0.3 is 10.2 Å². The lowest BCUT2D eigenvalue weighted by Crippen LogP contribution is -2.37. The van der Waals surface area contributed by atoms with Gasteiger partial charge in [-0.2, -0.15) is 8.42 Å². The predicted molar refractivity (Wildman–Crippen MR) is 148 cm³/mol. The number of hydrogen-bond acceptors (Lipinski definition) is 5. The molecular weight excluding hydrogens is 537 g/mol. The lowest BCUT2D eigenvalue weighted by Gasteiger charge is -2.25. The van der Waals surface area contributed by atoms with Gasteiger partial charge in [0.25, 0.3) is 5.91 Å². The predicted octanol–water partition coefficient (Wildman–Crippen LogP) is 5.70. The molecule has 0 aliphatic rings. The standard InChI is InChI=1S/C26H29Cl2N3O5S/c1-4-31(37(34,35)30-19-15-21(27)25(32)22(28)16-19)23-9-6-5-8-20(23)26(33)29-12-7-13-36-24-11-10-17(2)14-18(24)3/h5-6,8-11,14-16,30,32H,4,7,12-13H2,1-3H3,(H,29,33). The highest BCUT2D eigenvalue weighted by atomic mass is 35.5. The molecule has 0 heterocycles. The Bertz CT molecular complexity index is 1360. The summed E-state index contributed by atoms with van der Waals surface area (Å²) in [6, 6.07) is 14.9. The Balaban J connectivity index is 1.68. The SMILES string of the molecule is CCN(c1ccccc1C(=O)NCCCOc1ccc(C)cc1C)S(=O)(=O)Nc1cc(Cl)c(O)c(Cl)c1. The largest absolute Gasteiger partial charge is 0.505 e. The third-order valence-electron chi connectivity index (χ3n) is 5.45. The number of benzene rings is 3. The van der Waals surface area contributed by atoms with Gasteiger partial charge in [0.15, 0.2) is 5.75 Å². The number of para-hydroxylation sites is 1. The van der Waals surface area contributed by atoms with E-state index in [-0.39, 0.29) is 39.3 Å². The summed E-state index contributed by atoms with van der Waals surface area (Å²) in [6.07, 6.45) is 0.570. The van der Waals surface area contributed by atoms with Gasteiger partial charge in [-0.1, -0.05) is 53.0 Å². The third-order valence-corrected chi connectivity index (χ3v) is 7.56. The smallest absolute Gasteiger partial charge is 0.323 e. The van der Waals surface area contributed by atoms with E-state index in [1.54, 1.807) is 31.2 Å². The fourth-order valence-electron chi connectivity index (χ4n) is 3.69. The molecule has 0 aliphatic heterocycles. The molecule has 3 aromatic rings. The second kappa shape index (κ2) is 12.4. The maximum absolute atomic E-state index is 13.2. The van der Waals surface area contributed by atoms with E-state index in [0.29, 0.717) is 19.6 Å². The lowest BCUT2D eigenvalue weighted by atomic mass is 10.1. The zero-order valence-corrected chi connectivity index (χ0v) is 23.0. The summed E-state index contributed by atoms with van der Waals surface area (Å²) in [6.45, 7) is 6.46. The first-order chi connectivity index (χ1) is 17.5. The monoisotopic (exact) mass is 565 g/mol. The normalized spacial score (nSPS) is 11.2. The van der Waals surface area contributed by atoms with Crippen molar-refractivity contribution >= 4 is 50.7 Å². The van der Waals surface area contributed by atoms with Crippen LogP contribution in [0.2, 0.25) is 10.0 Å². The molecule has 37 heavy (non-hydrogen) atoms. The molecule has 0 fully saturated rings. The molecule has 0 bridgehead atoms. The number of hydrogen-bond donors (Lipinski definition) is 3. The molecule has 1 amide bonds. The van der Waals surface area contributed by atoms with E-state index in [2.05, 4.69) is 10.0 Å². The van der Waals surface area contributed by atoms with Gasteiger partial charge in [-0.25, -0.2) is 0 Å². The minimum Gasteiger partial charge on any atom is -0.505 e. The van der Waals surface area contributed by atoms with Crippen LogP contribution in [0.15, 0.2) is 54.6 Å². The van der Waals surface area contributed by atoms with E-state index in [1.807, 2.05) is 32.0 Å². The van der Waals surface area contributed by atoms with Crippen molar-refractivity contribution in [3.8, 4) is 11.5 Å². The quantitative estimate of drug-likeness (QED) is 0.204. The van der Waals surface area contributed by atoms with Gasteiger partial charge in [-0.3, -0.25) is 13.8 Å². The number of anilines is 2. The molecule has 3 N–H and O–H groups in total. The molecule has 0 saturated heterocycles. The van der Waals surface area contributed by atoms with E-state index in [0.717, 1.165) is 21.2 Å². The van der Waals surface area contributed by atoms with Crippen LogP contribution < -0.4 is 19.1 Å². The van der Waals surface area contributed by atoms with Gasteiger partial charge in [0.05, 0.1) is 33.6 Å². The van der Waals surface area contributed by atoms with Crippen LogP contribution in [0.5, 0.6) is 11.5 Å². The molecule has 0 unspecified atom stereocenters. The van der Waals surface area contributed by atoms with Gasteiger partial charge < -0.3 is 15.2 Å². The summed E-state index contributed by atoms with van der Waals surface area (Å²) in [4.78, 5) is 13.0. The summed E-state index contributed by atoms with van der Waals surface area (Å²) in [7, 11) is -4.16. The summed E-state index contributed by atoms with van der Waals surface area (Å²) in [5.74, 6) is 0.0429. The van der Waals surface area contributed by atoms with E-state index >= 15 is 0 Å². The van der Waals surface area contributed by atoms with Crippen LogP contribution in [0.25, 0.3) is 0 Å². The summed E-state index contributed by atoms with van der Waals surface area (Å²) in [5, 5.41) is 12.4. The van der Waals surface area contributed by atoms with Gasteiger partial charge in [-0.05, 0) is 63.1 Å². The first-order valence-electron chi connectivity index (χ1n) is 11.6. The second-order valence-corrected chi connectivity index (χ2v) is 10.7. The fraction of sp³-hybridized carbons (Fsp3) is 0.269. The van der Waals surface area contributed by atoms with Crippen molar-refractivity contribution in [1.29, 1.82) is 0 Å². The van der Waals surface area contributed by atoms with Crippen LogP contribution in [0.4, 0.5) is 11.4 Å². The molecule has 0 radical (unpaired) electrons. The lowest BCUT2D eigenvalue weighted by molar-refractivity contribution is 0.0952. The molecular formula is C26H29Cl2N3O5S. The van der Waals surface area contributed by atoms with Gasteiger partial charge in [0.2, 0.25) is 0 Å². The first-order valence-corrected chi connectivity index (χ1v) is 13.8. The van der Waals surface area contributed by atoms with Crippen LogP contribution >= 0.6 is 23.2 Å². The van der Waals surface area contributed by atoms with E-state index in [4.69, 9.17) is 27.9 Å². The Morgan fingerprint density at radius 3 is 2.38 bits per heavy atom. The number of aromatic hydroxyl groups is 1. The number of nitrogens with zero attached hydrogens (tertiary/aromatic N) is 1. The van der Waals surface area contributed by atoms with Crippen molar-refractivity contribution < 1.29 is 23.1 Å². The number of amides is 1. The van der Waals surface area contributed by atoms with E-state index in [9.17, 15) is 18.3 Å². The molecule has 0 aromatic heterocycles. The van der Waals surface area contributed by atoms with Crippen molar-refractivity contribution in [3.05, 3.63) is 81.3 Å². The average Bonchev–Trinajstić information content (AvgIpc) is 2.83. The summed E-state index contributed by atoms with van der Waals surface area (Å²) in [5.41, 5.74) is 2.68. The van der Waals surface area contributed by atoms with Crippen LogP contribution in [0.1, 0.15) is 34.8 Å². The third kappa shape index (κ3) is 7.21. The van der Waals surface area contributed by atoms with Crippen molar-refractivity contribution in [1.82, 2.24) is 5.32 Å². The van der Waals surface area contributed by atoms with Crippen LogP contribution in [0, 0.1) is 13.8 Å². The van der Waals surface area contributed by atoms with Crippen LogP contribution in [-0.4, -0.2) is 39.1 Å². The molecule has 0 spiro atoms. The maximum Gasteiger partial charge on any atom is 0.323 e. The topological polar surface area (TPSA) is 108 Å². The van der Waals surface area contributed by atoms with Crippen molar-refractivity contribution in [2.45, 2.75) is 27.2 Å². The van der Waals surface area contributed by atoms with Gasteiger partial charge in [-0.15, -0.1) is 0 Å². The molecule has 0 atom stereocenters. The fourth-order valence-corrected chi connectivity index (χ4v) is 5.47. The molecule has 11 heteroatoms. The number of rotatable bonds is 11. The van der Waals surface area contributed by atoms with Crippen LogP contribution in [0.3, 0.4) is 0 Å². The number of phenolic OH excluding ortho intramolecular Hbond substituents is 1. The number of nitrogens with one attached hydrogen (secondary N) is 2. The Kier molecular flexibility index (Phi) is 9.53. The van der Waals surface area contributed by atoms with E-state index < -0.39 is 16.1 Å². The van der Waals surface area contributed by atoms with E-state index in [1.165, 1.54) is 12.1 Å². The Labute approximate surface area is 227 Å². The number of aryl methyl sites for hydroxylation is 2. The zero-order chi connectivity index (χ0) is 27.2. The molecule has 0 aliphatic carbocycles. The van der Waals surface area contributed by atoms with Crippen molar-refractivity contribution in [2.24, 2.45) is 0 Å². The van der Waals surface area contributed by atoms with Gasteiger partial charge in [0, 0.05) is 13.1 Å². The molecule has 198 valence electrons. The van der Waals surface area contributed by atoms with Crippen molar-refractivity contribution in [3.63, 3.8) is 0 Å². The zero-order valence-electron chi connectivity index (χ0n) is 20.7. The molecule has 3 aromatic carbocycles. The average molecular weight is 567 g/mol. The molecule has 3 rings (SSSR count). The number of ether oxygens (including phenoxy) is 1. The summed E-state index contributed by atoms with van der Waals surface area (Å²) < 4.78 is 35.7. The highest BCUT2D eigenvalue weighted by Gasteiger charge is 2.26. The molecule has 0 saturated carbocycles. The molecule has 8 nitrogen and oxygen atoms in total. The highest BCUT2D eigenvalue weighted by Crippen LogP contribution is 2.35. The number of carbonyl (C=O) groups is 1. The first kappa shape index (κ1) is 28.4. The Morgan fingerprint density at radius 2 is 1.73 bits per heavy atom. The minimum atomic E-state index is -4.16. The number of halogens is 2. The number of carbonyl (C=O) groups excluding carboxylic acids is 1. The maximum atomic E-state index is 13.2. The Morgan fingerprint density at radius 1 is 1.05 bits per heavy atom. The van der Waals surface area contributed by atoms with Crippen LogP contribution in [-0.2, 0) is 10.2 Å². The Hall–Kier alpha value is -3.14. The second-order valence-electron chi connectivity index (χ2n) is 8.30. The minimum absolute atomic E-state index is 0.0446. The van der Waals surface area contributed by atoms with Crippen molar-refractivity contribution in [2.75, 3.05) is 28.7 Å². The summed E-state index contributed by atoms with van der Waals surface area (Å²) >= 11 is 11.8. The van der Waals surface area contributed by atoms with Gasteiger partial charge in [0.1, 0.15) is 5.75 Å². The highest BCUT2D eigenvalue weighted by molar-refractivity contribution is 7.94.